The van der Waals surface area contributed by atoms with E-state index in [-0.39, 0.29) is 5.56 Å². The van der Waals surface area contributed by atoms with E-state index in [0.717, 1.165) is 10.8 Å². The van der Waals surface area contributed by atoms with Crippen LogP contribution in [0.2, 0.25) is 0 Å². The fraction of sp³-hybridized carbons (Fsp3) is 0.133. The highest BCUT2D eigenvalue weighted by atomic mass is 16.4. The van der Waals surface area contributed by atoms with Crippen LogP contribution in [0.15, 0.2) is 46.9 Å². The van der Waals surface area contributed by atoms with E-state index in [1.165, 1.54) is 0 Å². The van der Waals surface area contributed by atoms with Gasteiger partial charge in [-0.2, -0.15) is 0 Å². The lowest BCUT2D eigenvalue weighted by atomic mass is 10.0. The summed E-state index contributed by atoms with van der Waals surface area (Å²) < 4.78 is 5.67. The van der Waals surface area contributed by atoms with Crippen LogP contribution >= 0.6 is 0 Å². The maximum absolute atomic E-state index is 10.8. The van der Waals surface area contributed by atoms with Crippen molar-refractivity contribution in [3.8, 4) is 0 Å². The highest BCUT2D eigenvalue weighted by Crippen LogP contribution is 2.34. The van der Waals surface area contributed by atoms with E-state index in [0.29, 0.717) is 11.2 Å². The van der Waals surface area contributed by atoms with Gasteiger partial charge in [-0.1, -0.05) is 36.4 Å². The molecule has 3 N–H and O–H groups in total. The molecule has 20 heavy (non-hydrogen) atoms. The fourth-order valence-electron chi connectivity index (χ4n) is 2.31. The maximum Gasteiger partial charge on any atom is 0.335 e. The molecule has 2 aromatic carbocycles. The molecule has 2 unspecified atom stereocenters. The van der Waals surface area contributed by atoms with Crippen LogP contribution < -0.4 is 0 Å². The van der Waals surface area contributed by atoms with Gasteiger partial charge in [0, 0.05) is 16.3 Å². The molecule has 0 spiro atoms. The number of furan rings is 1. The van der Waals surface area contributed by atoms with E-state index in [4.69, 9.17) is 9.52 Å². The van der Waals surface area contributed by atoms with Crippen molar-refractivity contribution in [1.82, 2.24) is 0 Å². The third-order valence-electron chi connectivity index (χ3n) is 3.31. The Morgan fingerprint density at radius 1 is 1.00 bits per heavy atom. The first-order valence-corrected chi connectivity index (χ1v) is 6.08. The molecule has 0 aliphatic carbocycles. The van der Waals surface area contributed by atoms with Crippen molar-refractivity contribution in [3.05, 3.63) is 48.0 Å². The first kappa shape index (κ1) is 12.7. The molecule has 3 aromatic rings. The van der Waals surface area contributed by atoms with E-state index in [1.54, 1.807) is 18.2 Å². The number of carboxylic acid groups (broad SMARTS) is 1. The Morgan fingerprint density at radius 3 is 2.45 bits per heavy atom. The number of aliphatic carboxylic acids is 1. The van der Waals surface area contributed by atoms with Crippen molar-refractivity contribution in [2.45, 2.75) is 12.2 Å². The van der Waals surface area contributed by atoms with Crippen LogP contribution in [0, 0.1) is 0 Å². The van der Waals surface area contributed by atoms with Crippen LogP contribution in [-0.2, 0) is 4.79 Å². The minimum absolute atomic E-state index is 0.258. The zero-order valence-electron chi connectivity index (χ0n) is 10.4. The van der Waals surface area contributed by atoms with Crippen LogP contribution in [0.1, 0.15) is 11.7 Å². The number of hydrogen-bond donors (Lipinski definition) is 3. The molecule has 0 saturated heterocycles. The summed E-state index contributed by atoms with van der Waals surface area (Å²) >= 11 is 0. The second-order valence-corrected chi connectivity index (χ2v) is 4.55. The standard InChI is InChI=1S/C15H12O5/c16-12(13(17)15(18)19)10-6-3-5-9-8-4-1-2-7-11(8)20-14(9)10/h1-7,12-13,16-17H,(H,18,19). The summed E-state index contributed by atoms with van der Waals surface area (Å²) in [4.78, 5) is 10.8. The van der Waals surface area contributed by atoms with Crippen molar-refractivity contribution in [1.29, 1.82) is 0 Å². The minimum Gasteiger partial charge on any atom is -0.479 e. The Kier molecular flexibility index (Phi) is 2.93. The maximum atomic E-state index is 10.8. The lowest BCUT2D eigenvalue weighted by molar-refractivity contribution is -0.153. The number of aliphatic hydroxyl groups excluding tert-OH is 2. The van der Waals surface area contributed by atoms with Crippen molar-refractivity contribution in [2.75, 3.05) is 0 Å². The highest BCUT2D eigenvalue weighted by Gasteiger charge is 2.28. The third-order valence-corrected chi connectivity index (χ3v) is 3.31. The molecule has 5 nitrogen and oxygen atoms in total. The normalized spacial score (nSPS) is 14.5. The van der Waals surface area contributed by atoms with Crippen LogP contribution in [0.3, 0.4) is 0 Å². The summed E-state index contributed by atoms with van der Waals surface area (Å²) in [5.41, 5.74) is 1.29. The Balaban J connectivity index is 2.24. The average Bonchev–Trinajstić information content (AvgIpc) is 2.84. The zero-order chi connectivity index (χ0) is 14.3. The average molecular weight is 272 g/mol. The predicted octanol–water partition coefficient (Wildman–Crippen LogP) is 2.06. The number of rotatable bonds is 3. The molecule has 1 heterocycles. The van der Waals surface area contributed by atoms with Crippen molar-refractivity contribution < 1.29 is 24.5 Å². The summed E-state index contributed by atoms with van der Waals surface area (Å²) in [6.07, 6.45) is -3.44. The van der Waals surface area contributed by atoms with Gasteiger partial charge in [-0.25, -0.2) is 4.79 Å². The van der Waals surface area contributed by atoms with Gasteiger partial charge in [0.1, 0.15) is 17.3 Å². The Morgan fingerprint density at radius 2 is 1.70 bits per heavy atom. The summed E-state index contributed by atoms with van der Waals surface area (Å²) in [5, 5.41) is 29.9. The number of para-hydroxylation sites is 2. The molecule has 1 aromatic heterocycles. The molecule has 102 valence electrons. The summed E-state index contributed by atoms with van der Waals surface area (Å²) in [7, 11) is 0. The molecular formula is C15H12O5. The first-order valence-electron chi connectivity index (χ1n) is 6.08. The van der Waals surface area contributed by atoms with Gasteiger partial charge in [-0.05, 0) is 6.07 Å². The fourth-order valence-corrected chi connectivity index (χ4v) is 2.31. The first-order chi connectivity index (χ1) is 9.59. The van der Waals surface area contributed by atoms with Crippen LogP contribution in [-0.4, -0.2) is 27.4 Å². The van der Waals surface area contributed by atoms with Crippen LogP contribution in [0.25, 0.3) is 21.9 Å². The van der Waals surface area contributed by atoms with Crippen LogP contribution in [0.5, 0.6) is 0 Å². The molecule has 0 fully saturated rings. The SMILES string of the molecule is O=C(O)C(O)C(O)c1cccc2c1oc1ccccc12. The van der Waals surface area contributed by atoms with Crippen LogP contribution in [0.4, 0.5) is 0 Å². The molecule has 0 amide bonds. The van der Waals surface area contributed by atoms with E-state index in [9.17, 15) is 15.0 Å². The van der Waals surface area contributed by atoms with E-state index in [2.05, 4.69) is 0 Å². The lowest BCUT2D eigenvalue weighted by Gasteiger charge is -2.14. The molecule has 0 aliphatic heterocycles. The zero-order valence-corrected chi connectivity index (χ0v) is 10.4. The van der Waals surface area contributed by atoms with Crippen molar-refractivity contribution in [3.63, 3.8) is 0 Å². The number of benzene rings is 2. The van der Waals surface area contributed by atoms with Crippen molar-refractivity contribution >= 4 is 27.9 Å². The number of carbonyl (C=O) groups is 1. The quantitative estimate of drug-likeness (QED) is 0.679. The summed E-state index contributed by atoms with van der Waals surface area (Å²) in [5.74, 6) is -1.48. The second kappa shape index (κ2) is 4.63. The Bertz CT molecular complexity index is 789. The predicted molar refractivity (Wildman–Crippen MR) is 72.3 cm³/mol. The lowest BCUT2D eigenvalue weighted by Crippen LogP contribution is -2.27. The summed E-state index contributed by atoms with van der Waals surface area (Å²) in [6, 6.07) is 12.4. The molecule has 3 rings (SSSR count). The number of fused-ring (bicyclic) bond motifs is 3. The number of hydrogen-bond acceptors (Lipinski definition) is 4. The molecule has 5 heteroatoms. The number of carboxylic acids is 1. The Hall–Kier alpha value is -2.37. The monoisotopic (exact) mass is 272 g/mol. The molecule has 2 atom stereocenters. The van der Waals surface area contributed by atoms with Gasteiger partial charge in [0.25, 0.3) is 0 Å². The van der Waals surface area contributed by atoms with Gasteiger partial charge in [0.2, 0.25) is 0 Å². The van der Waals surface area contributed by atoms with Gasteiger partial charge < -0.3 is 19.7 Å². The largest absolute Gasteiger partial charge is 0.479 e. The molecule has 0 saturated carbocycles. The van der Waals surface area contributed by atoms with Gasteiger partial charge in [-0.15, -0.1) is 0 Å². The third kappa shape index (κ3) is 1.84. The molecular weight excluding hydrogens is 260 g/mol. The van der Waals surface area contributed by atoms with E-state index in [1.807, 2.05) is 24.3 Å². The smallest absolute Gasteiger partial charge is 0.335 e. The molecule has 0 bridgehead atoms. The highest BCUT2D eigenvalue weighted by molar-refractivity contribution is 6.05. The molecule has 0 radical (unpaired) electrons. The topological polar surface area (TPSA) is 90.9 Å². The minimum atomic E-state index is -1.89. The van der Waals surface area contributed by atoms with Gasteiger partial charge in [-0.3, -0.25) is 0 Å². The second-order valence-electron chi connectivity index (χ2n) is 4.55. The van der Waals surface area contributed by atoms with Crippen molar-refractivity contribution in [2.24, 2.45) is 0 Å². The van der Waals surface area contributed by atoms with Gasteiger partial charge >= 0.3 is 5.97 Å². The van der Waals surface area contributed by atoms with E-state index >= 15 is 0 Å². The van der Waals surface area contributed by atoms with Gasteiger partial charge in [0.05, 0.1) is 0 Å². The number of aliphatic hydroxyl groups is 2. The van der Waals surface area contributed by atoms with E-state index < -0.39 is 18.2 Å². The van der Waals surface area contributed by atoms with Gasteiger partial charge in [0.15, 0.2) is 6.10 Å². The Labute approximate surface area is 113 Å². The molecule has 0 aliphatic rings. The summed E-state index contributed by atoms with van der Waals surface area (Å²) in [6.45, 7) is 0.